The Morgan fingerprint density at radius 1 is 1.07 bits per heavy atom. The van der Waals surface area contributed by atoms with Crippen LogP contribution in [-0.4, -0.2) is 29.7 Å². The van der Waals surface area contributed by atoms with E-state index in [9.17, 15) is 19.5 Å². The van der Waals surface area contributed by atoms with Crippen molar-refractivity contribution in [1.82, 2.24) is 5.32 Å². The molecule has 0 aliphatic rings. The molecule has 0 aliphatic carbocycles. The quantitative estimate of drug-likeness (QED) is 0.694. The van der Waals surface area contributed by atoms with Crippen molar-refractivity contribution in [3.63, 3.8) is 0 Å². The van der Waals surface area contributed by atoms with E-state index in [2.05, 4.69) is 5.32 Å². The summed E-state index contributed by atoms with van der Waals surface area (Å²) in [5, 5.41) is 13.1. The molecule has 1 N–H and O–H groups in total. The molecule has 0 heterocycles. The van der Waals surface area contributed by atoms with Gasteiger partial charge in [0.15, 0.2) is 0 Å². The van der Waals surface area contributed by atoms with E-state index in [1.165, 1.54) is 0 Å². The maximum absolute atomic E-state index is 12.4. The Labute approximate surface area is 160 Å². The van der Waals surface area contributed by atoms with Crippen LogP contribution >= 0.6 is 0 Å². The molecule has 1 aromatic carbocycles. The molecular formula is C20H28NO6-. The Balaban J connectivity index is 2.65. The largest absolute Gasteiger partial charge is 0.550 e. The predicted octanol–water partition coefficient (Wildman–Crippen LogP) is 1.96. The topological polar surface area (TPSA) is 105 Å². The maximum Gasteiger partial charge on any atom is 0.408 e. The van der Waals surface area contributed by atoms with Crippen molar-refractivity contribution in [2.45, 2.75) is 65.7 Å². The van der Waals surface area contributed by atoms with Gasteiger partial charge >= 0.3 is 12.1 Å². The fourth-order valence-electron chi connectivity index (χ4n) is 2.31. The molecule has 7 nitrogen and oxygen atoms in total. The minimum Gasteiger partial charge on any atom is -0.550 e. The fourth-order valence-corrected chi connectivity index (χ4v) is 2.31. The van der Waals surface area contributed by atoms with Crippen molar-refractivity contribution in [2.24, 2.45) is 5.92 Å². The van der Waals surface area contributed by atoms with Crippen LogP contribution in [0.1, 0.15) is 52.2 Å². The third-order valence-electron chi connectivity index (χ3n) is 3.44. The van der Waals surface area contributed by atoms with Gasteiger partial charge < -0.3 is 24.7 Å². The third kappa shape index (κ3) is 9.63. The van der Waals surface area contributed by atoms with Gasteiger partial charge in [0.25, 0.3) is 0 Å². The Morgan fingerprint density at radius 2 is 1.63 bits per heavy atom. The van der Waals surface area contributed by atoms with Crippen LogP contribution in [0.15, 0.2) is 24.3 Å². The number of hydrogen-bond donors (Lipinski definition) is 1. The number of alkyl carbamates (subject to hydrolysis) is 1. The molecule has 0 spiro atoms. The molecule has 0 radical (unpaired) electrons. The fraction of sp³-hybridized carbons (Fsp3) is 0.550. The molecule has 0 saturated carbocycles. The first-order chi connectivity index (χ1) is 12.5. The van der Waals surface area contributed by atoms with Gasteiger partial charge in [-0.3, -0.25) is 0 Å². The Kier molecular flexibility index (Phi) is 8.28. The van der Waals surface area contributed by atoms with Crippen molar-refractivity contribution in [2.75, 3.05) is 0 Å². The van der Waals surface area contributed by atoms with Crippen molar-refractivity contribution >= 4 is 18.0 Å². The number of amides is 1. The van der Waals surface area contributed by atoms with Crippen LogP contribution < -0.4 is 10.4 Å². The molecule has 0 fully saturated rings. The second kappa shape index (κ2) is 9.94. The molecule has 0 unspecified atom stereocenters. The number of hydrogen-bond acceptors (Lipinski definition) is 6. The van der Waals surface area contributed by atoms with E-state index in [0.717, 1.165) is 0 Å². The normalized spacial score (nSPS) is 12.4. The number of benzene rings is 1. The Bertz CT molecular complexity index is 645. The van der Waals surface area contributed by atoms with E-state index < -0.39 is 29.7 Å². The highest BCUT2D eigenvalue weighted by molar-refractivity contribution is 5.81. The number of nitrogens with one attached hydrogen (secondary N) is 1. The van der Waals surface area contributed by atoms with Gasteiger partial charge in [0.2, 0.25) is 0 Å². The van der Waals surface area contributed by atoms with Gasteiger partial charge in [-0.2, -0.15) is 0 Å². The summed E-state index contributed by atoms with van der Waals surface area (Å²) >= 11 is 0. The van der Waals surface area contributed by atoms with Gasteiger partial charge in [-0.25, -0.2) is 9.59 Å². The lowest BCUT2D eigenvalue weighted by Gasteiger charge is -2.23. The van der Waals surface area contributed by atoms with Crippen LogP contribution in [0.2, 0.25) is 0 Å². The summed E-state index contributed by atoms with van der Waals surface area (Å²) in [6, 6.07) is 5.85. The van der Waals surface area contributed by atoms with Crippen LogP contribution in [0.4, 0.5) is 4.79 Å². The second-order valence-corrected chi connectivity index (χ2v) is 7.80. The smallest absolute Gasteiger partial charge is 0.408 e. The van der Waals surface area contributed by atoms with E-state index >= 15 is 0 Å². The number of ether oxygens (including phenoxy) is 2. The van der Waals surface area contributed by atoms with Crippen LogP contribution in [0.3, 0.4) is 0 Å². The molecule has 150 valence electrons. The molecule has 0 bridgehead atoms. The molecule has 7 heteroatoms. The van der Waals surface area contributed by atoms with E-state index in [-0.39, 0.29) is 18.9 Å². The molecule has 1 rings (SSSR count). The van der Waals surface area contributed by atoms with Crippen LogP contribution in [0, 0.1) is 5.92 Å². The zero-order valence-corrected chi connectivity index (χ0v) is 16.5. The minimum absolute atomic E-state index is 0.0228. The minimum atomic E-state index is -1.15. The number of carboxylic acids is 1. The maximum atomic E-state index is 12.4. The summed E-state index contributed by atoms with van der Waals surface area (Å²) in [6.07, 6.45) is -0.421. The lowest BCUT2D eigenvalue weighted by atomic mass is 10.0. The van der Waals surface area contributed by atoms with Gasteiger partial charge in [0.1, 0.15) is 18.2 Å². The number of esters is 1. The second-order valence-electron chi connectivity index (χ2n) is 7.80. The lowest BCUT2D eigenvalue weighted by molar-refractivity contribution is -0.304. The Morgan fingerprint density at radius 3 is 2.11 bits per heavy atom. The standard InChI is InChI=1S/C20H29NO6/c1-13(2)10-16(21-19(25)27-20(3,4)5)18(24)26-12-15-8-6-14(7-9-15)11-17(22)23/h6-9,13,16H,10-12H2,1-5H3,(H,21,25)(H,22,23)/p-1/t16-/m0/s1. The molecule has 1 aromatic rings. The van der Waals surface area contributed by atoms with Crippen molar-refractivity contribution in [3.05, 3.63) is 35.4 Å². The first-order valence-electron chi connectivity index (χ1n) is 8.90. The van der Waals surface area contributed by atoms with Crippen molar-refractivity contribution in [1.29, 1.82) is 0 Å². The monoisotopic (exact) mass is 378 g/mol. The summed E-state index contributed by atoms with van der Waals surface area (Å²) in [6.45, 7) is 9.13. The molecule has 0 saturated heterocycles. The summed E-state index contributed by atoms with van der Waals surface area (Å²) in [5.41, 5.74) is 0.657. The number of carbonyl (C=O) groups is 3. The van der Waals surface area contributed by atoms with E-state index in [1.807, 2.05) is 13.8 Å². The highest BCUT2D eigenvalue weighted by atomic mass is 16.6. The van der Waals surface area contributed by atoms with Crippen molar-refractivity contribution in [3.8, 4) is 0 Å². The number of carbonyl (C=O) groups excluding carboxylic acids is 3. The van der Waals surface area contributed by atoms with Crippen LogP contribution in [-0.2, 0) is 32.1 Å². The van der Waals surface area contributed by atoms with Crippen molar-refractivity contribution < 1.29 is 29.0 Å². The predicted molar refractivity (Wildman–Crippen MR) is 97.6 cm³/mol. The molecular weight excluding hydrogens is 350 g/mol. The molecule has 0 aromatic heterocycles. The average Bonchev–Trinajstić information content (AvgIpc) is 2.50. The highest BCUT2D eigenvalue weighted by Crippen LogP contribution is 2.12. The average molecular weight is 378 g/mol. The summed E-state index contributed by atoms with van der Waals surface area (Å²) < 4.78 is 10.5. The van der Waals surface area contributed by atoms with Gasteiger partial charge in [-0.15, -0.1) is 0 Å². The number of aliphatic carboxylic acids is 1. The van der Waals surface area contributed by atoms with Gasteiger partial charge in [-0.1, -0.05) is 38.1 Å². The highest BCUT2D eigenvalue weighted by Gasteiger charge is 2.26. The number of rotatable bonds is 8. The first-order valence-corrected chi connectivity index (χ1v) is 8.90. The van der Waals surface area contributed by atoms with Gasteiger partial charge in [0, 0.05) is 12.4 Å². The third-order valence-corrected chi connectivity index (χ3v) is 3.44. The Hall–Kier alpha value is -2.57. The molecule has 1 atom stereocenters. The van der Waals surface area contributed by atoms with Gasteiger partial charge in [-0.05, 0) is 44.2 Å². The van der Waals surface area contributed by atoms with E-state index in [1.54, 1.807) is 45.0 Å². The molecule has 0 aliphatic heterocycles. The summed E-state index contributed by atoms with van der Waals surface area (Å²) in [7, 11) is 0. The number of carboxylic acid groups (broad SMARTS) is 1. The van der Waals surface area contributed by atoms with Crippen LogP contribution in [0.5, 0.6) is 0 Å². The molecule has 27 heavy (non-hydrogen) atoms. The SMILES string of the molecule is CC(C)C[C@H](NC(=O)OC(C)(C)C)C(=O)OCc1ccc(CC(=O)[O-])cc1. The van der Waals surface area contributed by atoms with Gasteiger partial charge in [0.05, 0.1) is 0 Å². The summed E-state index contributed by atoms with van der Waals surface area (Å²) in [4.78, 5) is 34.9. The first kappa shape index (κ1) is 22.5. The molecule has 1 amide bonds. The zero-order chi connectivity index (χ0) is 20.6. The zero-order valence-electron chi connectivity index (χ0n) is 16.5. The lowest BCUT2D eigenvalue weighted by Crippen LogP contribution is -2.44. The van der Waals surface area contributed by atoms with E-state index in [4.69, 9.17) is 9.47 Å². The van der Waals surface area contributed by atoms with E-state index in [0.29, 0.717) is 17.5 Å². The van der Waals surface area contributed by atoms with Crippen LogP contribution in [0.25, 0.3) is 0 Å². The summed E-state index contributed by atoms with van der Waals surface area (Å²) in [5.74, 6) is -1.53.